The Hall–Kier alpha value is -1.85. The van der Waals surface area contributed by atoms with Crippen LogP contribution in [0, 0.1) is 5.82 Å². The van der Waals surface area contributed by atoms with E-state index in [9.17, 15) is 9.18 Å². The Morgan fingerprint density at radius 2 is 2.04 bits per heavy atom. The normalized spacial score (nSPS) is 14.2. The van der Waals surface area contributed by atoms with Crippen LogP contribution in [0.2, 0.25) is 5.02 Å². The summed E-state index contributed by atoms with van der Waals surface area (Å²) >= 11 is 7.56. The topological polar surface area (TPSA) is 34.9 Å². The third-order valence-corrected chi connectivity index (χ3v) is 5.41. The highest BCUT2D eigenvalue weighted by Crippen LogP contribution is 2.37. The van der Waals surface area contributed by atoms with Gasteiger partial charge in [0.05, 0.1) is 10.9 Å². The van der Waals surface area contributed by atoms with Crippen molar-refractivity contribution in [1.29, 1.82) is 0 Å². The molecule has 1 heterocycles. The molecule has 1 saturated carbocycles. The van der Waals surface area contributed by atoms with Gasteiger partial charge in [0.15, 0.2) is 5.16 Å². The Bertz CT molecular complexity index is 984. The minimum absolute atomic E-state index is 0.0100. The van der Waals surface area contributed by atoms with E-state index >= 15 is 0 Å². The molecule has 1 aliphatic carbocycles. The van der Waals surface area contributed by atoms with Crippen LogP contribution in [0.1, 0.15) is 24.4 Å². The average Bonchev–Trinajstić information content (AvgIpc) is 3.39. The van der Waals surface area contributed by atoms with Crippen molar-refractivity contribution < 1.29 is 4.39 Å². The van der Waals surface area contributed by atoms with Crippen molar-refractivity contribution in [2.45, 2.75) is 29.8 Å². The van der Waals surface area contributed by atoms with Crippen LogP contribution in [0.3, 0.4) is 0 Å². The lowest BCUT2D eigenvalue weighted by molar-refractivity contribution is 0.618. The van der Waals surface area contributed by atoms with Crippen LogP contribution >= 0.6 is 23.4 Å². The van der Waals surface area contributed by atoms with Crippen LogP contribution in [0.15, 0.2) is 52.4 Å². The van der Waals surface area contributed by atoms with Crippen LogP contribution in [-0.2, 0) is 5.75 Å². The Balaban J connectivity index is 1.73. The Morgan fingerprint density at radius 3 is 2.79 bits per heavy atom. The molecule has 4 rings (SSSR count). The number of hydrogen-bond acceptors (Lipinski definition) is 3. The molecule has 0 radical (unpaired) electrons. The van der Waals surface area contributed by atoms with Gasteiger partial charge in [0.1, 0.15) is 5.82 Å². The number of aromatic nitrogens is 2. The first-order chi connectivity index (χ1) is 11.6. The Kier molecular flexibility index (Phi) is 4.06. The van der Waals surface area contributed by atoms with Gasteiger partial charge in [-0.15, -0.1) is 0 Å². The van der Waals surface area contributed by atoms with Crippen molar-refractivity contribution in [3.05, 3.63) is 69.2 Å². The number of hydrogen-bond donors (Lipinski definition) is 0. The van der Waals surface area contributed by atoms with E-state index in [2.05, 4.69) is 4.98 Å². The molecule has 1 aliphatic rings. The van der Waals surface area contributed by atoms with E-state index in [1.54, 1.807) is 10.6 Å². The summed E-state index contributed by atoms with van der Waals surface area (Å²) in [5.74, 6) is 0.184. The molecule has 3 aromatic rings. The standard InChI is InChI=1S/C18H14ClFN2OS/c19-15-9-12(20)6-5-11(15)10-24-18-21-16-4-2-1-3-14(16)17(23)22(18)13-7-8-13/h1-6,9,13H,7-8,10H2. The van der Waals surface area contributed by atoms with Gasteiger partial charge < -0.3 is 0 Å². The van der Waals surface area contributed by atoms with Crippen molar-refractivity contribution in [1.82, 2.24) is 9.55 Å². The van der Waals surface area contributed by atoms with E-state index in [1.807, 2.05) is 24.3 Å². The molecule has 0 spiro atoms. The molecular weight excluding hydrogens is 347 g/mol. The van der Waals surface area contributed by atoms with E-state index in [0.717, 1.165) is 18.4 Å². The minimum Gasteiger partial charge on any atom is -0.284 e. The molecule has 2 aromatic carbocycles. The van der Waals surface area contributed by atoms with Gasteiger partial charge in [-0.05, 0) is 42.7 Å². The largest absolute Gasteiger partial charge is 0.284 e. The third kappa shape index (κ3) is 2.94. The number of halogens is 2. The van der Waals surface area contributed by atoms with Gasteiger partial charge >= 0.3 is 0 Å². The Labute approximate surface area is 147 Å². The molecule has 24 heavy (non-hydrogen) atoms. The first-order valence-electron chi connectivity index (χ1n) is 7.71. The minimum atomic E-state index is -0.354. The highest BCUT2D eigenvalue weighted by Gasteiger charge is 2.28. The van der Waals surface area contributed by atoms with Crippen molar-refractivity contribution in [2.75, 3.05) is 0 Å². The first kappa shape index (κ1) is 15.7. The van der Waals surface area contributed by atoms with Crippen LogP contribution in [0.4, 0.5) is 4.39 Å². The number of fused-ring (bicyclic) bond motifs is 1. The molecule has 0 N–H and O–H groups in total. The second-order valence-corrected chi connectivity index (χ2v) is 7.19. The summed E-state index contributed by atoms with van der Waals surface area (Å²) in [7, 11) is 0. The summed E-state index contributed by atoms with van der Waals surface area (Å²) in [6, 6.07) is 12.0. The summed E-state index contributed by atoms with van der Waals surface area (Å²) in [6.45, 7) is 0. The quantitative estimate of drug-likeness (QED) is 0.494. The molecule has 0 atom stereocenters. The van der Waals surface area contributed by atoms with Gasteiger partial charge in [0, 0.05) is 16.8 Å². The molecule has 1 fully saturated rings. The molecule has 0 bridgehead atoms. The van der Waals surface area contributed by atoms with E-state index in [4.69, 9.17) is 11.6 Å². The van der Waals surface area contributed by atoms with Crippen molar-refractivity contribution >= 4 is 34.3 Å². The van der Waals surface area contributed by atoms with Crippen LogP contribution in [0.25, 0.3) is 10.9 Å². The lowest BCUT2D eigenvalue weighted by Crippen LogP contribution is -2.22. The maximum atomic E-state index is 13.2. The molecule has 0 amide bonds. The summed E-state index contributed by atoms with van der Waals surface area (Å²) in [4.78, 5) is 17.5. The molecule has 6 heteroatoms. The molecule has 0 saturated heterocycles. The average molecular weight is 361 g/mol. The van der Waals surface area contributed by atoms with E-state index in [0.29, 0.717) is 26.8 Å². The molecule has 122 valence electrons. The highest BCUT2D eigenvalue weighted by molar-refractivity contribution is 7.98. The number of benzene rings is 2. The fourth-order valence-corrected chi connectivity index (χ4v) is 4.05. The second kappa shape index (κ2) is 6.22. The predicted octanol–water partition coefficient (Wildman–Crippen LogP) is 4.82. The van der Waals surface area contributed by atoms with Crippen LogP contribution < -0.4 is 5.56 Å². The monoisotopic (exact) mass is 360 g/mol. The molecule has 0 unspecified atom stereocenters. The van der Waals surface area contributed by atoms with E-state index < -0.39 is 0 Å². The van der Waals surface area contributed by atoms with E-state index in [1.165, 1.54) is 23.9 Å². The smallest absolute Gasteiger partial charge is 0.262 e. The molecule has 3 nitrogen and oxygen atoms in total. The summed E-state index contributed by atoms with van der Waals surface area (Å²) in [5.41, 5.74) is 1.54. The van der Waals surface area contributed by atoms with Gasteiger partial charge in [-0.1, -0.05) is 41.6 Å². The number of thioether (sulfide) groups is 1. The first-order valence-corrected chi connectivity index (χ1v) is 9.08. The lowest BCUT2D eigenvalue weighted by Gasteiger charge is -2.12. The second-order valence-electron chi connectivity index (χ2n) is 5.84. The zero-order valence-electron chi connectivity index (χ0n) is 12.7. The zero-order chi connectivity index (χ0) is 16.7. The summed E-state index contributed by atoms with van der Waals surface area (Å²) < 4.78 is 15.0. The van der Waals surface area contributed by atoms with Gasteiger partial charge in [0.25, 0.3) is 5.56 Å². The fourth-order valence-electron chi connectivity index (χ4n) is 2.66. The third-order valence-electron chi connectivity index (χ3n) is 4.06. The fraction of sp³-hybridized carbons (Fsp3) is 0.222. The molecule has 1 aromatic heterocycles. The number of nitrogens with zero attached hydrogens (tertiary/aromatic N) is 2. The SMILES string of the molecule is O=c1c2ccccc2nc(SCc2ccc(F)cc2Cl)n1C1CC1. The summed E-state index contributed by atoms with van der Waals surface area (Å²) in [5, 5.41) is 1.73. The van der Waals surface area contributed by atoms with Crippen molar-refractivity contribution in [3.8, 4) is 0 Å². The zero-order valence-corrected chi connectivity index (χ0v) is 14.3. The summed E-state index contributed by atoms with van der Waals surface area (Å²) in [6.07, 6.45) is 2.01. The Morgan fingerprint density at radius 1 is 1.25 bits per heavy atom. The van der Waals surface area contributed by atoms with Gasteiger partial charge in [-0.25, -0.2) is 9.37 Å². The maximum absolute atomic E-state index is 13.2. The van der Waals surface area contributed by atoms with Crippen LogP contribution in [0.5, 0.6) is 0 Å². The predicted molar refractivity (Wildman–Crippen MR) is 95.2 cm³/mol. The van der Waals surface area contributed by atoms with Crippen molar-refractivity contribution in [2.24, 2.45) is 0 Å². The van der Waals surface area contributed by atoms with Gasteiger partial charge in [0.2, 0.25) is 0 Å². The number of rotatable bonds is 4. The van der Waals surface area contributed by atoms with Crippen molar-refractivity contribution in [3.63, 3.8) is 0 Å². The van der Waals surface area contributed by atoms with Crippen LogP contribution in [-0.4, -0.2) is 9.55 Å². The maximum Gasteiger partial charge on any atom is 0.262 e. The highest BCUT2D eigenvalue weighted by atomic mass is 35.5. The van der Waals surface area contributed by atoms with Gasteiger partial charge in [-0.2, -0.15) is 0 Å². The molecular formula is C18H14ClFN2OS. The lowest BCUT2D eigenvalue weighted by atomic mass is 10.2. The molecule has 0 aliphatic heterocycles. The number of para-hydroxylation sites is 1. The van der Waals surface area contributed by atoms with Gasteiger partial charge in [-0.3, -0.25) is 9.36 Å². The van der Waals surface area contributed by atoms with E-state index in [-0.39, 0.29) is 17.4 Å².